The van der Waals surface area contributed by atoms with Crippen molar-refractivity contribution >= 4 is 17.7 Å². The van der Waals surface area contributed by atoms with Crippen molar-refractivity contribution in [2.24, 2.45) is 10.9 Å². The van der Waals surface area contributed by atoms with Gasteiger partial charge in [0.05, 0.1) is 0 Å². The monoisotopic (exact) mass is 286 g/mol. The Morgan fingerprint density at radius 3 is 2.47 bits per heavy atom. The zero-order chi connectivity index (χ0) is 14.5. The van der Waals surface area contributed by atoms with Gasteiger partial charge in [0.15, 0.2) is 5.96 Å². The van der Waals surface area contributed by atoms with Gasteiger partial charge in [-0.1, -0.05) is 13.8 Å². The standard InChI is InChI=1S/C14H30N4S/c1-11(2)12(3)17-13(15-4)16-9-14(18(5)6)7-8-19-10-14/h11-12H,7-10H2,1-6H3,(H2,15,16,17). The maximum absolute atomic E-state index is 4.33. The van der Waals surface area contributed by atoms with Gasteiger partial charge in [-0.25, -0.2) is 0 Å². The van der Waals surface area contributed by atoms with Crippen molar-refractivity contribution in [3.8, 4) is 0 Å². The molecular formula is C14H30N4S. The van der Waals surface area contributed by atoms with E-state index in [2.05, 4.69) is 55.4 Å². The number of guanidine groups is 1. The van der Waals surface area contributed by atoms with Crippen LogP contribution in [-0.4, -0.2) is 61.6 Å². The minimum Gasteiger partial charge on any atom is -0.355 e. The highest BCUT2D eigenvalue weighted by molar-refractivity contribution is 7.99. The summed E-state index contributed by atoms with van der Waals surface area (Å²) in [7, 11) is 6.20. The predicted octanol–water partition coefficient (Wildman–Crippen LogP) is 1.63. The van der Waals surface area contributed by atoms with Gasteiger partial charge < -0.3 is 15.5 Å². The highest BCUT2D eigenvalue weighted by Gasteiger charge is 2.36. The molecule has 0 aromatic rings. The van der Waals surface area contributed by atoms with E-state index in [0.29, 0.717) is 12.0 Å². The quantitative estimate of drug-likeness (QED) is 0.595. The van der Waals surface area contributed by atoms with Crippen LogP contribution in [-0.2, 0) is 0 Å². The average Bonchev–Trinajstić information content (AvgIpc) is 2.84. The third kappa shape index (κ3) is 4.56. The smallest absolute Gasteiger partial charge is 0.191 e. The zero-order valence-corrected chi connectivity index (χ0v) is 14.1. The second-order valence-electron chi connectivity index (χ2n) is 6.02. The largest absolute Gasteiger partial charge is 0.355 e. The molecule has 0 saturated carbocycles. The molecule has 0 aromatic heterocycles. The van der Waals surface area contributed by atoms with Gasteiger partial charge in [-0.2, -0.15) is 11.8 Å². The molecule has 1 aliphatic heterocycles. The van der Waals surface area contributed by atoms with Crippen molar-refractivity contribution in [1.29, 1.82) is 0 Å². The van der Waals surface area contributed by atoms with Gasteiger partial charge in [0.1, 0.15) is 0 Å². The van der Waals surface area contributed by atoms with Crippen molar-refractivity contribution in [3.63, 3.8) is 0 Å². The molecule has 2 atom stereocenters. The molecule has 0 bridgehead atoms. The minimum atomic E-state index is 0.267. The Morgan fingerprint density at radius 2 is 2.05 bits per heavy atom. The molecule has 1 heterocycles. The number of hydrogen-bond donors (Lipinski definition) is 2. The Labute approximate surface area is 122 Å². The van der Waals surface area contributed by atoms with Crippen molar-refractivity contribution in [1.82, 2.24) is 15.5 Å². The first-order chi connectivity index (χ1) is 8.91. The van der Waals surface area contributed by atoms with Crippen LogP contribution in [0, 0.1) is 5.92 Å². The molecule has 1 fully saturated rings. The fourth-order valence-electron chi connectivity index (χ4n) is 2.07. The fraction of sp³-hybridized carbons (Fsp3) is 0.929. The molecule has 1 aliphatic rings. The van der Waals surface area contributed by atoms with Gasteiger partial charge in [0, 0.05) is 30.9 Å². The molecule has 2 unspecified atom stereocenters. The topological polar surface area (TPSA) is 39.7 Å². The van der Waals surface area contributed by atoms with Crippen LogP contribution >= 0.6 is 11.8 Å². The van der Waals surface area contributed by atoms with Crippen LogP contribution in [0.2, 0.25) is 0 Å². The third-order valence-electron chi connectivity index (χ3n) is 4.20. The third-order valence-corrected chi connectivity index (χ3v) is 5.44. The van der Waals surface area contributed by atoms with Gasteiger partial charge in [-0.15, -0.1) is 0 Å². The van der Waals surface area contributed by atoms with Crippen molar-refractivity contribution in [3.05, 3.63) is 0 Å². The van der Waals surface area contributed by atoms with Crippen molar-refractivity contribution in [2.75, 3.05) is 39.2 Å². The van der Waals surface area contributed by atoms with Crippen LogP contribution in [0.15, 0.2) is 4.99 Å². The number of aliphatic imine (C=N–C) groups is 1. The van der Waals surface area contributed by atoms with Gasteiger partial charge in [0.25, 0.3) is 0 Å². The maximum Gasteiger partial charge on any atom is 0.191 e. The Hall–Kier alpha value is -0.420. The summed E-state index contributed by atoms with van der Waals surface area (Å²) in [5.41, 5.74) is 0.267. The van der Waals surface area contributed by atoms with Gasteiger partial charge >= 0.3 is 0 Å². The molecule has 0 radical (unpaired) electrons. The molecular weight excluding hydrogens is 256 g/mol. The Bertz CT molecular complexity index is 296. The Kier molecular flexibility index (Phi) is 6.47. The number of likely N-dealkylation sites (N-methyl/N-ethyl adjacent to an activating group) is 1. The van der Waals surface area contributed by atoms with Crippen LogP contribution in [0.3, 0.4) is 0 Å². The second kappa shape index (κ2) is 7.39. The van der Waals surface area contributed by atoms with Crippen molar-refractivity contribution < 1.29 is 0 Å². The van der Waals surface area contributed by atoms with E-state index in [1.54, 1.807) is 0 Å². The molecule has 0 amide bonds. The molecule has 0 aromatic carbocycles. The SMILES string of the molecule is CN=C(NCC1(N(C)C)CCSC1)NC(C)C(C)C. The average molecular weight is 286 g/mol. The van der Waals surface area contributed by atoms with Crippen LogP contribution in [0.25, 0.3) is 0 Å². The Morgan fingerprint density at radius 1 is 1.37 bits per heavy atom. The summed E-state index contributed by atoms with van der Waals surface area (Å²) < 4.78 is 0. The highest BCUT2D eigenvalue weighted by atomic mass is 32.2. The number of hydrogen-bond acceptors (Lipinski definition) is 3. The summed E-state index contributed by atoms with van der Waals surface area (Å²) in [6.07, 6.45) is 1.24. The van der Waals surface area contributed by atoms with E-state index in [-0.39, 0.29) is 5.54 Å². The van der Waals surface area contributed by atoms with E-state index >= 15 is 0 Å². The van der Waals surface area contributed by atoms with E-state index < -0.39 is 0 Å². The molecule has 2 N–H and O–H groups in total. The number of nitrogens with zero attached hydrogens (tertiary/aromatic N) is 2. The molecule has 0 aliphatic carbocycles. The van der Waals surface area contributed by atoms with Crippen LogP contribution < -0.4 is 10.6 Å². The summed E-state index contributed by atoms with van der Waals surface area (Å²) in [6, 6.07) is 0.430. The summed E-state index contributed by atoms with van der Waals surface area (Å²) in [4.78, 5) is 6.69. The van der Waals surface area contributed by atoms with E-state index in [9.17, 15) is 0 Å². The summed E-state index contributed by atoms with van der Waals surface area (Å²) in [5.74, 6) is 3.97. The molecule has 19 heavy (non-hydrogen) atoms. The van der Waals surface area contributed by atoms with Gasteiger partial charge in [-0.05, 0) is 39.1 Å². The predicted molar refractivity (Wildman–Crippen MR) is 87.2 cm³/mol. The lowest BCUT2D eigenvalue weighted by atomic mass is 9.97. The zero-order valence-electron chi connectivity index (χ0n) is 13.3. The summed E-state index contributed by atoms with van der Waals surface area (Å²) in [5, 5.41) is 6.96. The number of rotatable bonds is 5. The minimum absolute atomic E-state index is 0.267. The van der Waals surface area contributed by atoms with E-state index in [4.69, 9.17) is 0 Å². The lowest BCUT2D eigenvalue weighted by molar-refractivity contribution is 0.182. The second-order valence-corrected chi connectivity index (χ2v) is 7.13. The molecule has 1 rings (SSSR count). The van der Waals surface area contributed by atoms with Crippen LogP contribution in [0.1, 0.15) is 27.2 Å². The lowest BCUT2D eigenvalue weighted by Crippen LogP contribution is -2.55. The van der Waals surface area contributed by atoms with Crippen LogP contribution in [0.5, 0.6) is 0 Å². The summed E-state index contributed by atoms with van der Waals surface area (Å²) in [6.45, 7) is 7.60. The number of nitrogens with one attached hydrogen (secondary N) is 2. The Balaban J connectivity index is 2.53. The fourth-order valence-corrected chi connectivity index (χ4v) is 3.63. The van der Waals surface area contributed by atoms with Gasteiger partial charge in [-0.3, -0.25) is 4.99 Å². The van der Waals surface area contributed by atoms with Crippen molar-refractivity contribution in [2.45, 2.75) is 38.8 Å². The normalized spacial score (nSPS) is 26.0. The molecule has 0 spiro atoms. The first kappa shape index (κ1) is 16.6. The molecule has 4 nitrogen and oxygen atoms in total. The van der Waals surface area contributed by atoms with E-state index in [0.717, 1.165) is 12.5 Å². The van der Waals surface area contributed by atoms with E-state index in [1.165, 1.54) is 17.9 Å². The molecule has 5 heteroatoms. The highest BCUT2D eigenvalue weighted by Crippen LogP contribution is 2.31. The molecule has 112 valence electrons. The maximum atomic E-state index is 4.33. The number of thioether (sulfide) groups is 1. The molecule has 1 saturated heterocycles. The lowest BCUT2D eigenvalue weighted by Gasteiger charge is -2.36. The first-order valence-corrected chi connectivity index (χ1v) is 8.29. The first-order valence-electron chi connectivity index (χ1n) is 7.13. The van der Waals surface area contributed by atoms with Crippen LogP contribution in [0.4, 0.5) is 0 Å². The van der Waals surface area contributed by atoms with E-state index in [1.807, 2.05) is 18.8 Å². The van der Waals surface area contributed by atoms with Gasteiger partial charge in [0.2, 0.25) is 0 Å². The summed E-state index contributed by atoms with van der Waals surface area (Å²) >= 11 is 2.05.